The van der Waals surface area contributed by atoms with Crippen LogP contribution in [0.2, 0.25) is 0 Å². The predicted molar refractivity (Wildman–Crippen MR) is 79.9 cm³/mol. The van der Waals surface area contributed by atoms with Crippen LogP contribution < -0.4 is 4.90 Å². The molecule has 0 aliphatic heterocycles. The van der Waals surface area contributed by atoms with Crippen LogP contribution in [0, 0.1) is 11.7 Å². The van der Waals surface area contributed by atoms with E-state index in [2.05, 4.69) is 32.6 Å². The number of carboxylic acid groups (broad SMARTS) is 1. The van der Waals surface area contributed by atoms with E-state index >= 15 is 0 Å². The number of carbonyl (C=O) groups is 1. The van der Waals surface area contributed by atoms with Gasteiger partial charge in [-0.2, -0.15) is 0 Å². The van der Waals surface area contributed by atoms with E-state index in [0.29, 0.717) is 11.6 Å². The predicted octanol–water partition coefficient (Wildman–Crippen LogP) is 4.17. The maximum absolute atomic E-state index is 13.3. The number of benzene rings is 1. The van der Waals surface area contributed by atoms with Gasteiger partial charge >= 0.3 is 5.97 Å². The molecule has 0 radical (unpaired) electrons. The van der Waals surface area contributed by atoms with Crippen molar-refractivity contribution in [2.45, 2.75) is 46.6 Å². The molecule has 0 saturated heterocycles. The lowest BCUT2D eigenvalue weighted by Crippen LogP contribution is -2.38. The van der Waals surface area contributed by atoms with Crippen molar-refractivity contribution in [2.24, 2.45) is 5.92 Å². The number of halogens is 1. The third-order valence-electron chi connectivity index (χ3n) is 3.44. The number of hydrogen-bond donors (Lipinski definition) is 1. The highest BCUT2D eigenvalue weighted by atomic mass is 19.1. The van der Waals surface area contributed by atoms with Gasteiger partial charge in [0.1, 0.15) is 5.82 Å². The lowest BCUT2D eigenvalue weighted by atomic mass is 10.0. The summed E-state index contributed by atoms with van der Waals surface area (Å²) in [7, 11) is 0. The average molecular weight is 281 g/mol. The lowest BCUT2D eigenvalue weighted by molar-refractivity contribution is 0.0697. The smallest absolute Gasteiger partial charge is 0.337 e. The molecule has 4 heteroatoms. The zero-order valence-corrected chi connectivity index (χ0v) is 12.7. The number of rotatable bonds is 7. The van der Waals surface area contributed by atoms with Crippen molar-refractivity contribution in [3.63, 3.8) is 0 Å². The largest absolute Gasteiger partial charge is 0.478 e. The summed E-state index contributed by atoms with van der Waals surface area (Å²) < 4.78 is 13.3. The minimum absolute atomic E-state index is 0.0394. The molecule has 0 atom stereocenters. The fraction of sp³-hybridized carbons (Fsp3) is 0.562. The number of carboxylic acids is 1. The molecule has 0 amide bonds. The first-order valence-electron chi connectivity index (χ1n) is 7.20. The van der Waals surface area contributed by atoms with Crippen LogP contribution in [0.15, 0.2) is 18.2 Å². The number of hydrogen-bond acceptors (Lipinski definition) is 2. The van der Waals surface area contributed by atoms with Crippen molar-refractivity contribution in [1.82, 2.24) is 0 Å². The Bertz CT molecular complexity index is 456. The highest BCUT2D eigenvalue weighted by Gasteiger charge is 2.22. The Kier molecular flexibility index (Phi) is 5.99. The van der Waals surface area contributed by atoms with E-state index in [1.807, 2.05) is 0 Å². The van der Waals surface area contributed by atoms with Crippen molar-refractivity contribution < 1.29 is 14.3 Å². The first-order valence-corrected chi connectivity index (χ1v) is 7.20. The van der Waals surface area contributed by atoms with Crippen LogP contribution in [0.5, 0.6) is 0 Å². The highest BCUT2D eigenvalue weighted by Crippen LogP contribution is 2.27. The third-order valence-corrected chi connectivity index (χ3v) is 3.44. The molecule has 3 nitrogen and oxygen atoms in total. The minimum Gasteiger partial charge on any atom is -0.478 e. The molecule has 0 heterocycles. The van der Waals surface area contributed by atoms with E-state index < -0.39 is 11.8 Å². The molecule has 0 fully saturated rings. The molecule has 0 bridgehead atoms. The van der Waals surface area contributed by atoms with Crippen molar-refractivity contribution in [1.29, 1.82) is 0 Å². The zero-order chi connectivity index (χ0) is 15.3. The second-order valence-electron chi connectivity index (χ2n) is 5.48. The summed E-state index contributed by atoms with van der Waals surface area (Å²) in [5.41, 5.74) is 0.652. The van der Waals surface area contributed by atoms with E-state index in [1.165, 1.54) is 6.07 Å². The fourth-order valence-electron chi connectivity index (χ4n) is 2.50. The summed E-state index contributed by atoms with van der Waals surface area (Å²) >= 11 is 0. The summed E-state index contributed by atoms with van der Waals surface area (Å²) in [6.07, 6.45) is 1.86. The quantitative estimate of drug-likeness (QED) is 0.815. The summed E-state index contributed by atoms with van der Waals surface area (Å²) in [5.74, 6) is -1.19. The van der Waals surface area contributed by atoms with E-state index in [4.69, 9.17) is 0 Å². The standard InChI is InChI=1S/C16H24FNO2/c1-5-13(6-2)18(10-11(3)4)15-8-7-12(17)9-14(15)16(19)20/h7-9,11,13H,5-6,10H2,1-4H3,(H,19,20). The van der Waals surface area contributed by atoms with Crippen molar-refractivity contribution >= 4 is 11.7 Å². The molecule has 0 aromatic heterocycles. The maximum Gasteiger partial charge on any atom is 0.337 e. The molecule has 20 heavy (non-hydrogen) atoms. The molecule has 0 saturated carbocycles. The topological polar surface area (TPSA) is 40.5 Å². The van der Waals surface area contributed by atoms with Crippen LogP contribution in [0.3, 0.4) is 0 Å². The molecule has 1 N–H and O–H groups in total. The van der Waals surface area contributed by atoms with Gasteiger partial charge in [-0.25, -0.2) is 9.18 Å². The van der Waals surface area contributed by atoms with Gasteiger partial charge in [-0.05, 0) is 37.0 Å². The molecule has 112 valence electrons. The van der Waals surface area contributed by atoms with E-state index in [1.54, 1.807) is 6.07 Å². The Labute approximate surface area is 120 Å². The first kappa shape index (κ1) is 16.5. The van der Waals surface area contributed by atoms with Gasteiger partial charge < -0.3 is 10.0 Å². The average Bonchev–Trinajstić information content (AvgIpc) is 2.38. The summed E-state index contributed by atoms with van der Waals surface area (Å²) in [6, 6.07) is 4.28. The number of nitrogens with zero attached hydrogens (tertiary/aromatic N) is 1. The molecule has 0 unspecified atom stereocenters. The normalized spacial score (nSPS) is 11.2. The molecule has 1 aromatic carbocycles. The Morgan fingerprint density at radius 3 is 2.35 bits per heavy atom. The maximum atomic E-state index is 13.3. The lowest BCUT2D eigenvalue weighted by Gasteiger charge is -2.35. The molecule has 0 aliphatic rings. The summed E-state index contributed by atoms with van der Waals surface area (Å²) in [4.78, 5) is 13.5. The van der Waals surface area contributed by atoms with Crippen LogP contribution in [0.25, 0.3) is 0 Å². The van der Waals surface area contributed by atoms with E-state index in [-0.39, 0.29) is 11.6 Å². The van der Waals surface area contributed by atoms with Gasteiger partial charge in [0.15, 0.2) is 0 Å². The summed E-state index contributed by atoms with van der Waals surface area (Å²) in [5, 5.41) is 9.31. The van der Waals surface area contributed by atoms with Crippen molar-refractivity contribution in [2.75, 3.05) is 11.4 Å². The van der Waals surface area contributed by atoms with Gasteiger partial charge in [0, 0.05) is 12.6 Å². The monoisotopic (exact) mass is 281 g/mol. The summed E-state index contributed by atoms with van der Waals surface area (Å²) in [6.45, 7) is 9.13. The fourth-order valence-corrected chi connectivity index (χ4v) is 2.50. The van der Waals surface area contributed by atoms with Gasteiger partial charge in [0.05, 0.1) is 11.3 Å². The van der Waals surface area contributed by atoms with Crippen LogP contribution >= 0.6 is 0 Å². The molecule has 1 rings (SSSR count). The van der Waals surface area contributed by atoms with Crippen LogP contribution in [0.4, 0.5) is 10.1 Å². The van der Waals surface area contributed by atoms with Gasteiger partial charge in [-0.15, -0.1) is 0 Å². The second kappa shape index (κ2) is 7.27. The van der Waals surface area contributed by atoms with E-state index in [0.717, 1.165) is 25.5 Å². The number of aromatic carboxylic acids is 1. The van der Waals surface area contributed by atoms with Crippen LogP contribution in [-0.2, 0) is 0 Å². The van der Waals surface area contributed by atoms with Gasteiger partial charge in [-0.3, -0.25) is 0 Å². The minimum atomic E-state index is -1.08. The van der Waals surface area contributed by atoms with Crippen molar-refractivity contribution in [3.8, 4) is 0 Å². The highest BCUT2D eigenvalue weighted by molar-refractivity contribution is 5.94. The first-order chi connectivity index (χ1) is 9.40. The third kappa shape index (κ3) is 3.95. The zero-order valence-electron chi connectivity index (χ0n) is 12.7. The molecular formula is C16H24FNO2. The second-order valence-corrected chi connectivity index (χ2v) is 5.48. The number of anilines is 1. The van der Waals surface area contributed by atoms with Gasteiger partial charge in [0.2, 0.25) is 0 Å². The van der Waals surface area contributed by atoms with Gasteiger partial charge in [-0.1, -0.05) is 27.7 Å². The Morgan fingerprint density at radius 1 is 1.30 bits per heavy atom. The SMILES string of the molecule is CCC(CC)N(CC(C)C)c1ccc(F)cc1C(=O)O. The van der Waals surface area contributed by atoms with Crippen LogP contribution in [-0.4, -0.2) is 23.7 Å². The molecular weight excluding hydrogens is 257 g/mol. The molecule has 0 aliphatic carbocycles. The Balaban J connectivity index is 3.28. The van der Waals surface area contributed by atoms with Gasteiger partial charge in [0.25, 0.3) is 0 Å². The Hall–Kier alpha value is -1.58. The van der Waals surface area contributed by atoms with Crippen molar-refractivity contribution in [3.05, 3.63) is 29.6 Å². The Morgan fingerprint density at radius 2 is 1.90 bits per heavy atom. The van der Waals surface area contributed by atoms with E-state index in [9.17, 15) is 14.3 Å². The molecule has 0 spiro atoms. The van der Waals surface area contributed by atoms with Crippen LogP contribution in [0.1, 0.15) is 50.9 Å². The molecule has 1 aromatic rings.